The minimum absolute atomic E-state index is 0.270. The van der Waals surface area contributed by atoms with Crippen molar-refractivity contribution in [1.82, 2.24) is 20.8 Å². The molecule has 0 radical (unpaired) electrons. The summed E-state index contributed by atoms with van der Waals surface area (Å²) >= 11 is 1.56. The van der Waals surface area contributed by atoms with Gasteiger partial charge in [0.2, 0.25) is 0 Å². The maximum Gasteiger partial charge on any atom is 0.319 e. The quantitative estimate of drug-likeness (QED) is 0.362. The lowest BCUT2D eigenvalue weighted by molar-refractivity contribution is -0.113. The van der Waals surface area contributed by atoms with Crippen LogP contribution in [0, 0.1) is 6.92 Å². The van der Waals surface area contributed by atoms with Gasteiger partial charge in [0.15, 0.2) is 0 Å². The zero-order valence-corrected chi connectivity index (χ0v) is 18.3. The van der Waals surface area contributed by atoms with E-state index in [0.29, 0.717) is 17.0 Å². The third kappa shape index (κ3) is 3.76. The fraction of sp³-hybridized carbons (Fsp3) is 0.125. The second kappa shape index (κ2) is 7.97. The molecule has 1 unspecified atom stereocenters. The van der Waals surface area contributed by atoms with E-state index in [2.05, 4.69) is 57.3 Å². The summed E-state index contributed by atoms with van der Waals surface area (Å²) in [7, 11) is 0. The lowest BCUT2D eigenvalue weighted by atomic mass is 10.0. The predicted octanol–water partition coefficient (Wildman–Crippen LogP) is 4.87. The molecule has 0 bridgehead atoms. The van der Waals surface area contributed by atoms with Gasteiger partial charge in [0.1, 0.15) is 0 Å². The zero-order chi connectivity index (χ0) is 22.2. The van der Waals surface area contributed by atoms with Gasteiger partial charge in [0.25, 0.3) is 5.91 Å². The number of thiophene rings is 1. The van der Waals surface area contributed by atoms with Gasteiger partial charge in [-0.05, 0) is 49.7 Å². The number of anilines is 1. The van der Waals surface area contributed by atoms with E-state index in [1.807, 2.05) is 30.3 Å². The highest BCUT2D eigenvalue weighted by Gasteiger charge is 2.32. The maximum atomic E-state index is 13.3. The van der Waals surface area contributed by atoms with Crippen LogP contribution < -0.4 is 16.0 Å². The molecule has 3 heterocycles. The number of fused-ring (bicyclic) bond motifs is 1. The smallest absolute Gasteiger partial charge is 0.319 e. The number of nitrogens with zero attached hydrogens (tertiary/aromatic N) is 1. The number of H-pyrrole nitrogens is 1. The Bertz CT molecular complexity index is 1370. The molecule has 7 nitrogen and oxygen atoms in total. The van der Waals surface area contributed by atoms with Crippen molar-refractivity contribution in [3.8, 4) is 10.4 Å². The Kier molecular flexibility index (Phi) is 4.99. The first-order valence-corrected chi connectivity index (χ1v) is 11.0. The molecule has 0 fully saturated rings. The van der Waals surface area contributed by atoms with Crippen LogP contribution in [-0.2, 0) is 4.79 Å². The Labute approximate surface area is 188 Å². The van der Waals surface area contributed by atoms with E-state index in [1.54, 1.807) is 24.5 Å². The third-order valence-electron chi connectivity index (χ3n) is 5.46. The molecule has 0 aliphatic carbocycles. The molecule has 5 rings (SSSR count). The van der Waals surface area contributed by atoms with E-state index in [1.165, 1.54) is 5.56 Å². The first kappa shape index (κ1) is 20.0. The molecule has 2 aromatic heterocycles. The van der Waals surface area contributed by atoms with Gasteiger partial charge in [-0.25, -0.2) is 4.79 Å². The van der Waals surface area contributed by atoms with Crippen molar-refractivity contribution < 1.29 is 9.59 Å². The highest BCUT2D eigenvalue weighted by molar-refractivity contribution is 7.15. The van der Waals surface area contributed by atoms with Gasteiger partial charge in [-0.3, -0.25) is 9.89 Å². The van der Waals surface area contributed by atoms with Crippen molar-refractivity contribution in [3.63, 3.8) is 0 Å². The van der Waals surface area contributed by atoms with Crippen molar-refractivity contribution in [1.29, 1.82) is 0 Å². The fourth-order valence-corrected chi connectivity index (χ4v) is 4.88. The van der Waals surface area contributed by atoms with E-state index < -0.39 is 6.04 Å². The van der Waals surface area contributed by atoms with Crippen LogP contribution in [0.3, 0.4) is 0 Å². The molecule has 4 aromatic rings. The van der Waals surface area contributed by atoms with Gasteiger partial charge in [0.05, 0.1) is 23.3 Å². The first-order chi connectivity index (χ1) is 15.5. The third-order valence-corrected chi connectivity index (χ3v) is 6.66. The minimum atomic E-state index is -0.536. The SMILES string of the molecule is CC1=C(C(=O)Nc2ccc3[nH]ncc3c2)C(c2ccc(-c3ccc(C)cc3)s2)NC(=O)N1. The number of hydrogen-bond acceptors (Lipinski definition) is 4. The average molecular weight is 444 g/mol. The Morgan fingerprint density at radius 2 is 1.88 bits per heavy atom. The molecular formula is C24H21N5O2S. The van der Waals surface area contributed by atoms with E-state index in [-0.39, 0.29) is 11.9 Å². The molecule has 0 saturated heterocycles. The van der Waals surface area contributed by atoms with Gasteiger partial charge in [-0.2, -0.15) is 5.10 Å². The number of carbonyl (C=O) groups excluding carboxylic acids is 2. The number of allylic oxidation sites excluding steroid dienone is 1. The molecule has 8 heteroatoms. The topological polar surface area (TPSA) is 98.9 Å². The monoisotopic (exact) mass is 443 g/mol. The summed E-state index contributed by atoms with van der Waals surface area (Å²) < 4.78 is 0. The van der Waals surface area contributed by atoms with E-state index in [9.17, 15) is 9.59 Å². The number of aromatic amines is 1. The zero-order valence-electron chi connectivity index (χ0n) is 17.5. The summed E-state index contributed by atoms with van der Waals surface area (Å²) in [6.07, 6.45) is 1.71. The van der Waals surface area contributed by atoms with Crippen LogP contribution in [0.15, 0.2) is 72.1 Å². The Morgan fingerprint density at radius 1 is 1.06 bits per heavy atom. The van der Waals surface area contributed by atoms with Crippen molar-refractivity contribution in [2.75, 3.05) is 5.32 Å². The van der Waals surface area contributed by atoms with Gasteiger partial charge in [0, 0.05) is 26.5 Å². The largest absolute Gasteiger partial charge is 0.326 e. The summed E-state index contributed by atoms with van der Waals surface area (Å²) in [5, 5.41) is 16.4. The highest BCUT2D eigenvalue weighted by atomic mass is 32.1. The second-order valence-corrected chi connectivity index (χ2v) is 8.88. The summed E-state index contributed by atoms with van der Waals surface area (Å²) in [5.74, 6) is -0.270. The number of nitrogens with one attached hydrogen (secondary N) is 4. The fourth-order valence-electron chi connectivity index (χ4n) is 3.81. The van der Waals surface area contributed by atoms with E-state index in [0.717, 1.165) is 26.2 Å². The van der Waals surface area contributed by atoms with E-state index in [4.69, 9.17) is 0 Å². The number of aryl methyl sites for hydroxylation is 1. The number of aromatic nitrogens is 2. The number of benzene rings is 2. The Morgan fingerprint density at radius 3 is 2.69 bits per heavy atom. The van der Waals surface area contributed by atoms with Crippen LogP contribution in [0.2, 0.25) is 0 Å². The molecule has 3 amide bonds. The lowest BCUT2D eigenvalue weighted by Crippen LogP contribution is -2.45. The summed E-state index contributed by atoms with van der Waals surface area (Å²) in [4.78, 5) is 27.5. The van der Waals surface area contributed by atoms with Crippen LogP contribution in [0.25, 0.3) is 21.3 Å². The average Bonchev–Trinajstić information content (AvgIpc) is 3.43. The molecule has 160 valence electrons. The predicted molar refractivity (Wildman–Crippen MR) is 126 cm³/mol. The number of urea groups is 1. The van der Waals surface area contributed by atoms with Crippen LogP contribution in [0.5, 0.6) is 0 Å². The van der Waals surface area contributed by atoms with Crippen LogP contribution in [-0.4, -0.2) is 22.1 Å². The van der Waals surface area contributed by atoms with E-state index >= 15 is 0 Å². The summed E-state index contributed by atoms with van der Waals surface area (Å²) in [5.41, 5.74) is 4.87. The standard InChI is InChI=1S/C24H21N5O2S/c1-13-3-5-15(6-4-13)19-9-10-20(32-19)22-21(14(2)26-24(31)28-22)23(30)27-17-7-8-18-16(11-17)12-25-29-18/h3-12,22H,1-2H3,(H,25,29)(H,27,30)(H2,26,28,31). The summed E-state index contributed by atoms with van der Waals surface area (Å²) in [6.45, 7) is 3.80. The van der Waals surface area contributed by atoms with Crippen molar-refractivity contribution in [2.45, 2.75) is 19.9 Å². The minimum Gasteiger partial charge on any atom is -0.326 e. The van der Waals surface area contributed by atoms with Gasteiger partial charge in [-0.15, -0.1) is 11.3 Å². The normalized spacial score (nSPS) is 16.1. The molecule has 0 spiro atoms. The Hall–Kier alpha value is -3.91. The van der Waals surface area contributed by atoms with Gasteiger partial charge in [-0.1, -0.05) is 29.8 Å². The lowest BCUT2D eigenvalue weighted by Gasteiger charge is -2.27. The second-order valence-electron chi connectivity index (χ2n) is 7.76. The number of carbonyl (C=O) groups is 2. The number of amides is 3. The van der Waals surface area contributed by atoms with Gasteiger partial charge < -0.3 is 16.0 Å². The van der Waals surface area contributed by atoms with Crippen molar-refractivity contribution in [3.05, 3.63) is 82.5 Å². The maximum absolute atomic E-state index is 13.3. The van der Waals surface area contributed by atoms with Crippen molar-refractivity contribution in [2.24, 2.45) is 0 Å². The number of hydrogen-bond donors (Lipinski definition) is 4. The molecule has 1 aliphatic heterocycles. The van der Waals surface area contributed by atoms with Crippen LogP contribution in [0.1, 0.15) is 23.4 Å². The Balaban J connectivity index is 1.45. The molecule has 1 aliphatic rings. The molecule has 0 saturated carbocycles. The molecule has 1 atom stereocenters. The number of rotatable bonds is 4. The molecule has 4 N–H and O–H groups in total. The summed E-state index contributed by atoms with van der Waals surface area (Å²) in [6, 6.07) is 17.0. The van der Waals surface area contributed by atoms with Gasteiger partial charge >= 0.3 is 6.03 Å². The molecule has 2 aromatic carbocycles. The first-order valence-electron chi connectivity index (χ1n) is 10.2. The molecular weight excluding hydrogens is 422 g/mol. The molecule has 32 heavy (non-hydrogen) atoms. The highest BCUT2D eigenvalue weighted by Crippen LogP contribution is 2.36. The van der Waals surface area contributed by atoms with Crippen molar-refractivity contribution >= 4 is 39.9 Å². The van der Waals surface area contributed by atoms with Crippen LogP contribution in [0.4, 0.5) is 10.5 Å². The van der Waals surface area contributed by atoms with Crippen LogP contribution >= 0.6 is 11.3 Å².